The zero-order valence-corrected chi connectivity index (χ0v) is 13.1. The summed E-state index contributed by atoms with van der Waals surface area (Å²) in [4.78, 5) is 32.4. The summed E-state index contributed by atoms with van der Waals surface area (Å²) in [6, 6.07) is -0.569. The van der Waals surface area contributed by atoms with E-state index in [-0.39, 0.29) is 23.2 Å². The highest BCUT2D eigenvalue weighted by Gasteiger charge is 2.18. The Morgan fingerprint density at radius 1 is 1.48 bits per heavy atom. The zero-order valence-electron chi connectivity index (χ0n) is 12.2. The molecule has 0 bridgehead atoms. The fourth-order valence-electron chi connectivity index (χ4n) is 2.16. The van der Waals surface area contributed by atoms with Gasteiger partial charge in [0.25, 0.3) is 5.56 Å². The van der Waals surface area contributed by atoms with Crippen LogP contribution in [0.1, 0.15) is 45.0 Å². The van der Waals surface area contributed by atoms with Gasteiger partial charge in [-0.1, -0.05) is 6.92 Å². The van der Waals surface area contributed by atoms with E-state index in [1.807, 2.05) is 19.2 Å². The molecule has 0 fully saturated rings. The molecule has 0 amide bonds. The fraction of sp³-hybridized carbons (Fsp3) is 0.429. The normalized spacial score (nSPS) is 13.7. The van der Waals surface area contributed by atoms with E-state index in [0.717, 1.165) is 5.69 Å². The number of anilines is 1. The standard InChI is InChI=1S/C14H18N4O2S/c1-4-12(10(3)19)18-6-5-15-13(14(18)20)17-9(2)11-7-21-8-16-11/h5-9,12H,4H2,1-3H3,(H,15,17). The molecule has 0 saturated heterocycles. The van der Waals surface area contributed by atoms with Crippen molar-refractivity contribution in [3.05, 3.63) is 39.3 Å². The van der Waals surface area contributed by atoms with E-state index in [4.69, 9.17) is 0 Å². The van der Waals surface area contributed by atoms with Crippen molar-refractivity contribution in [3.8, 4) is 0 Å². The smallest absolute Gasteiger partial charge is 0.293 e. The maximum Gasteiger partial charge on any atom is 0.293 e. The highest BCUT2D eigenvalue weighted by molar-refractivity contribution is 7.07. The number of thiazole rings is 1. The van der Waals surface area contributed by atoms with Gasteiger partial charge in [-0.25, -0.2) is 9.97 Å². The van der Waals surface area contributed by atoms with E-state index in [1.54, 1.807) is 11.7 Å². The highest BCUT2D eigenvalue weighted by atomic mass is 32.1. The second-order valence-corrected chi connectivity index (χ2v) is 5.52. The molecule has 6 nitrogen and oxygen atoms in total. The number of nitrogens with zero attached hydrogens (tertiary/aromatic N) is 3. The van der Waals surface area contributed by atoms with Crippen molar-refractivity contribution in [3.63, 3.8) is 0 Å². The second kappa shape index (κ2) is 6.62. The molecular formula is C14H18N4O2S. The van der Waals surface area contributed by atoms with E-state index in [9.17, 15) is 9.59 Å². The van der Waals surface area contributed by atoms with Crippen LogP contribution in [0.15, 0.2) is 28.1 Å². The van der Waals surface area contributed by atoms with E-state index < -0.39 is 6.04 Å². The second-order valence-electron chi connectivity index (χ2n) is 4.80. The third kappa shape index (κ3) is 3.36. The van der Waals surface area contributed by atoms with Gasteiger partial charge >= 0.3 is 0 Å². The molecule has 2 rings (SSSR count). The minimum atomic E-state index is -0.448. The molecule has 21 heavy (non-hydrogen) atoms. The Bertz CT molecular complexity index is 666. The molecular weight excluding hydrogens is 288 g/mol. The van der Waals surface area contributed by atoms with E-state index in [0.29, 0.717) is 6.42 Å². The van der Waals surface area contributed by atoms with Crippen LogP contribution in [0, 0.1) is 0 Å². The lowest BCUT2D eigenvalue weighted by atomic mass is 10.1. The number of carbonyl (C=O) groups excluding carboxylic acids is 1. The van der Waals surface area contributed by atoms with Crippen LogP contribution >= 0.6 is 11.3 Å². The Balaban J connectivity index is 2.30. The predicted octanol–water partition coefficient (Wildman–Crippen LogP) is 2.41. The van der Waals surface area contributed by atoms with Crippen molar-refractivity contribution in [2.24, 2.45) is 0 Å². The Morgan fingerprint density at radius 2 is 2.24 bits per heavy atom. The molecule has 2 aromatic heterocycles. The van der Waals surface area contributed by atoms with Crippen LogP contribution in [0.25, 0.3) is 0 Å². The molecule has 0 aromatic carbocycles. The lowest BCUT2D eigenvalue weighted by molar-refractivity contribution is -0.120. The monoisotopic (exact) mass is 306 g/mol. The van der Waals surface area contributed by atoms with Gasteiger partial charge in [-0.2, -0.15) is 0 Å². The number of carbonyl (C=O) groups is 1. The molecule has 112 valence electrons. The first-order chi connectivity index (χ1) is 10.0. The molecule has 2 heterocycles. The van der Waals surface area contributed by atoms with Gasteiger partial charge in [0.2, 0.25) is 0 Å². The lowest BCUT2D eigenvalue weighted by Crippen LogP contribution is -2.31. The largest absolute Gasteiger partial charge is 0.357 e. The summed E-state index contributed by atoms with van der Waals surface area (Å²) in [5, 5.41) is 4.98. The van der Waals surface area contributed by atoms with Crippen LogP contribution in [0.5, 0.6) is 0 Å². The minimum Gasteiger partial charge on any atom is -0.357 e. The van der Waals surface area contributed by atoms with Gasteiger partial charge in [-0.3, -0.25) is 9.59 Å². The first kappa shape index (κ1) is 15.4. The molecule has 0 aliphatic rings. The minimum absolute atomic E-state index is 0.0377. The summed E-state index contributed by atoms with van der Waals surface area (Å²) >= 11 is 1.50. The SMILES string of the molecule is CCC(C(C)=O)n1ccnc(NC(C)c2cscn2)c1=O. The van der Waals surface area contributed by atoms with Crippen LogP contribution in [0.2, 0.25) is 0 Å². The Hall–Kier alpha value is -2.02. The molecule has 2 atom stereocenters. The Morgan fingerprint density at radius 3 is 2.81 bits per heavy atom. The molecule has 2 aromatic rings. The van der Waals surface area contributed by atoms with Gasteiger partial charge < -0.3 is 9.88 Å². The number of aromatic nitrogens is 3. The number of nitrogens with one attached hydrogen (secondary N) is 1. The molecule has 0 aliphatic carbocycles. The van der Waals surface area contributed by atoms with Crippen molar-refractivity contribution in [1.29, 1.82) is 0 Å². The van der Waals surface area contributed by atoms with Crippen LogP contribution in [-0.2, 0) is 4.79 Å². The number of hydrogen-bond donors (Lipinski definition) is 1. The summed E-state index contributed by atoms with van der Waals surface area (Å²) in [7, 11) is 0. The summed E-state index contributed by atoms with van der Waals surface area (Å²) in [5.41, 5.74) is 2.31. The highest BCUT2D eigenvalue weighted by Crippen LogP contribution is 2.16. The molecule has 0 aliphatic heterocycles. The maximum atomic E-state index is 12.4. The summed E-state index contributed by atoms with van der Waals surface area (Å²) < 4.78 is 1.44. The fourth-order valence-corrected chi connectivity index (χ4v) is 2.81. The number of hydrogen-bond acceptors (Lipinski definition) is 6. The van der Waals surface area contributed by atoms with Gasteiger partial charge in [0.1, 0.15) is 0 Å². The first-order valence-corrected chi connectivity index (χ1v) is 7.71. The summed E-state index contributed by atoms with van der Waals surface area (Å²) in [6.45, 7) is 5.28. The van der Waals surface area contributed by atoms with Gasteiger partial charge in [-0.05, 0) is 20.3 Å². The van der Waals surface area contributed by atoms with E-state index in [2.05, 4.69) is 15.3 Å². The molecule has 1 N–H and O–H groups in total. The molecule has 0 spiro atoms. The topological polar surface area (TPSA) is 76.9 Å². The van der Waals surface area contributed by atoms with Gasteiger partial charge in [-0.15, -0.1) is 11.3 Å². The lowest BCUT2D eigenvalue weighted by Gasteiger charge is -2.17. The predicted molar refractivity (Wildman–Crippen MR) is 82.7 cm³/mol. The van der Waals surface area contributed by atoms with Crippen molar-refractivity contribution < 1.29 is 4.79 Å². The number of rotatable bonds is 6. The molecule has 0 saturated carbocycles. The third-order valence-corrected chi connectivity index (χ3v) is 3.91. The number of ketones is 1. The van der Waals surface area contributed by atoms with Crippen molar-refractivity contribution >= 4 is 22.9 Å². The molecule has 2 unspecified atom stereocenters. The Labute approximate surface area is 126 Å². The van der Waals surface area contributed by atoms with Gasteiger partial charge in [0, 0.05) is 17.8 Å². The van der Waals surface area contributed by atoms with Crippen LogP contribution in [0.3, 0.4) is 0 Å². The zero-order chi connectivity index (χ0) is 15.4. The first-order valence-electron chi connectivity index (χ1n) is 6.76. The van der Waals surface area contributed by atoms with Crippen molar-refractivity contribution in [2.45, 2.75) is 39.3 Å². The van der Waals surface area contributed by atoms with E-state index >= 15 is 0 Å². The summed E-state index contributed by atoms with van der Waals surface area (Å²) in [5.74, 6) is 0.196. The summed E-state index contributed by atoms with van der Waals surface area (Å²) in [6.07, 6.45) is 3.65. The molecule has 0 radical (unpaired) electrons. The quantitative estimate of drug-likeness (QED) is 0.887. The molecule has 7 heteroatoms. The van der Waals surface area contributed by atoms with Crippen molar-refractivity contribution in [2.75, 3.05) is 5.32 Å². The van der Waals surface area contributed by atoms with E-state index in [1.165, 1.54) is 29.0 Å². The average molecular weight is 306 g/mol. The van der Waals surface area contributed by atoms with Crippen LogP contribution in [-0.4, -0.2) is 20.3 Å². The maximum absolute atomic E-state index is 12.4. The third-order valence-electron chi connectivity index (χ3n) is 3.31. The number of Topliss-reactive ketones (excluding diaryl/α,β-unsaturated/α-hetero) is 1. The van der Waals surface area contributed by atoms with Crippen LogP contribution in [0.4, 0.5) is 5.82 Å². The average Bonchev–Trinajstić information content (AvgIpc) is 2.97. The van der Waals surface area contributed by atoms with Crippen molar-refractivity contribution in [1.82, 2.24) is 14.5 Å². The van der Waals surface area contributed by atoms with Gasteiger partial charge in [0.15, 0.2) is 11.6 Å². The van der Waals surface area contributed by atoms with Gasteiger partial charge in [0.05, 0.1) is 23.3 Å². The van der Waals surface area contributed by atoms with Crippen LogP contribution < -0.4 is 10.9 Å². The Kier molecular flexibility index (Phi) is 4.85.